The van der Waals surface area contributed by atoms with E-state index in [2.05, 4.69) is 10.3 Å². The maximum Gasteiger partial charge on any atom is 0.328 e. The van der Waals surface area contributed by atoms with Gasteiger partial charge in [0.2, 0.25) is 0 Å². The lowest BCUT2D eigenvalue weighted by Gasteiger charge is -2.15. The van der Waals surface area contributed by atoms with Crippen molar-refractivity contribution in [3.05, 3.63) is 62.4 Å². The average Bonchev–Trinajstić information content (AvgIpc) is 3.08. The van der Waals surface area contributed by atoms with Crippen LogP contribution in [-0.2, 0) is 11.3 Å². The minimum Gasteiger partial charge on any atom is -0.478 e. The third kappa shape index (κ3) is 3.67. The van der Waals surface area contributed by atoms with Crippen molar-refractivity contribution in [1.29, 1.82) is 0 Å². The van der Waals surface area contributed by atoms with Crippen LogP contribution in [0.4, 0.5) is 4.39 Å². The zero-order valence-electron chi connectivity index (χ0n) is 13.8. The number of H-pyrrole nitrogens is 1. The highest BCUT2D eigenvalue weighted by atomic mass is 32.1. The van der Waals surface area contributed by atoms with E-state index in [0.29, 0.717) is 10.2 Å². The Bertz CT molecular complexity index is 1060. The Morgan fingerprint density at radius 1 is 1.35 bits per heavy atom. The largest absolute Gasteiger partial charge is 0.478 e. The first kappa shape index (κ1) is 17.9. The Labute approximate surface area is 151 Å². The van der Waals surface area contributed by atoms with Gasteiger partial charge in [0, 0.05) is 13.1 Å². The van der Waals surface area contributed by atoms with Crippen molar-refractivity contribution in [1.82, 2.24) is 14.9 Å². The first-order valence-electron chi connectivity index (χ1n) is 7.86. The maximum atomic E-state index is 13.5. The molecule has 2 N–H and O–H groups in total. The SMILES string of the molecule is C[C@@H](Oc1ccccc1F)C(=O)NCCn1c(=O)[nH]c2ccsc2c1=O. The van der Waals surface area contributed by atoms with E-state index in [0.717, 1.165) is 4.57 Å². The molecule has 2 aromatic heterocycles. The number of nitrogens with zero attached hydrogens (tertiary/aromatic N) is 1. The zero-order valence-corrected chi connectivity index (χ0v) is 14.6. The van der Waals surface area contributed by atoms with Gasteiger partial charge in [-0.2, -0.15) is 0 Å². The molecule has 3 aromatic rings. The summed E-state index contributed by atoms with van der Waals surface area (Å²) in [7, 11) is 0. The molecule has 0 spiro atoms. The number of nitrogens with one attached hydrogen (secondary N) is 2. The summed E-state index contributed by atoms with van der Waals surface area (Å²) in [5, 5.41) is 4.29. The van der Waals surface area contributed by atoms with Crippen LogP contribution in [0.3, 0.4) is 0 Å². The van der Waals surface area contributed by atoms with Gasteiger partial charge >= 0.3 is 5.69 Å². The number of hydrogen-bond donors (Lipinski definition) is 2. The lowest BCUT2D eigenvalue weighted by molar-refractivity contribution is -0.127. The zero-order chi connectivity index (χ0) is 18.7. The van der Waals surface area contributed by atoms with Crippen molar-refractivity contribution < 1.29 is 13.9 Å². The number of rotatable bonds is 6. The third-order valence-corrected chi connectivity index (χ3v) is 4.64. The lowest BCUT2D eigenvalue weighted by atomic mass is 10.3. The first-order chi connectivity index (χ1) is 12.5. The Morgan fingerprint density at radius 3 is 2.88 bits per heavy atom. The molecule has 2 heterocycles. The molecule has 3 rings (SSSR count). The molecule has 9 heteroatoms. The fraction of sp³-hybridized carbons (Fsp3) is 0.235. The van der Waals surface area contributed by atoms with E-state index in [-0.39, 0.29) is 18.8 Å². The molecule has 0 aliphatic carbocycles. The number of carbonyl (C=O) groups is 1. The second kappa shape index (κ2) is 7.52. The highest BCUT2D eigenvalue weighted by Gasteiger charge is 2.16. The standard InChI is InChI=1S/C17H16FN3O4S/c1-10(25-13-5-3-2-4-11(13)18)15(22)19-7-8-21-16(23)14-12(6-9-26-14)20-17(21)24/h2-6,9-10H,7-8H2,1H3,(H,19,22)(H,20,24)/t10-/m1/s1. The van der Waals surface area contributed by atoms with E-state index in [1.165, 1.54) is 36.5 Å². The average molecular weight is 377 g/mol. The van der Waals surface area contributed by atoms with Gasteiger partial charge in [-0.1, -0.05) is 12.1 Å². The third-order valence-electron chi connectivity index (χ3n) is 3.74. The normalized spacial score (nSPS) is 12.1. The van der Waals surface area contributed by atoms with E-state index in [1.54, 1.807) is 17.5 Å². The molecule has 1 amide bonds. The Balaban J connectivity index is 1.61. The van der Waals surface area contributed by atoms with Crippen molar-refractivity contribution in [2.24, 2.45) is 0 Å². The van der Waals surface area contributed by atoms with Gasteiger partial charge in [0.05, 0.1) is 5.52 Å². The summed E-state index contributed by atoms with van der Waals surface area (Å²) in [5.41, 5.74) is -0.438. The molecule has 0 aliphatic heterocycles. The predicted molar refractivity (Wildman–Crippen MR) is 96.2 cm³/mol. The van der Waals surface area contributed by atoms with E-state index in [1.807, 2.05) is 0 Å². The molecule has 0 saturated carbocycles. The van der Waals surface area contributed by atoms with Gasteiger partial charge in [-0.15, -0.1) is 11.3 Å². The van der Waals surface area contributed by atoms with Crippen LogP contribution in [0.5, 0.6) is 5.75 Å². The van der Waals surface area contributed by atoms with E-state index in [9.17, 15) is 18.8 Å². The van der Waals surface area contributed by atoms with Gasteiger partial charge < -0.3 is 15.0 Å². The van der Waals surface area contributed by atoms with Gasteiger partial charge in [0.25, 0.3) is 11.5 Å². The van der Waals surface area contributed by atoms with Crippen LogP contribution in [0.25, 0.3) is 10.2 Å². The van der Waals surface area contributed by atoms with Crippen LogP contribution >= 0.6 is 11.3 Å². The van der Waals surface area contributed by atoms with Gasteiger partial charge in [0.15, 0.2) is 17.7 Å². The van der Waals surface area contributed by atoms with Crippen LogP contribution in [-0.4, -0.2) is 28.1 Å². The molecule has 1 atom stereocenters. The number of thiophene rings is 1. The second-order valence-corrected chi connectivity index (χ2v) is 6.45. The number of carbonyl (C=O) groups excluding carboxylic acids is 1. The molecule has 7 nitrogen and oxygen atoms in total. The molecule has 0 saturated heterocycles. The Morgan fingerprint density at radius 2 is 2.12 bits per heavy atom. The number of para-hydroxylation sites is 1. The maximum absolute atomic E-state index is 13.5. The van der Waals surface area contributed by atoms with Crippen LogP contribution in [0.2, 0.25) is 0 Å². The van der Waals surface area contributed by atoms with Gasteiger partial charge in [0.1, 0.15) is 4.70 Å². The number of ether oxygens (including phenoxy) is 1. The van der Waals surface area contributed by atoms with Crippen molar-refractivity contribution in [2.75, 3.05) is 6.54 Å². The van der Waals surface area contributed by atoms with E-state index >= 15 is 0 Å². The van der Waals surface area contributed by atoms with E-state index in [4.69, 9.17) is 4.74 Å². The summed E-state index contributed by atoms with van der Waals surface area (Å²) >= 11 is 1.24. The van der Waals surface area contributed by atoms with Gasteiger partial charge in [-0.3, -0.25) is 14.2 Å². The number of hydrogen-bond acceptors (Lipinski definition) is 5. The molecular weight excluding hydrogens is 361 g/mol. The molecule has 0 aliphatic rings. The summed E-state index contributed by atoms with van der Waals surface area (Å²) in [6, 6.07) is 7.44. The summed E-state index contributed by atoms with van der Waals surface area (Å²) < 4.78 is 20.3. The van der Waals surface area contributed by atoms with Crippen LogP contribution in [0.1, 0.15) is 6.92 Å². The molecule has 0 radical (unpaired) electrons. The van der Waals surface area contributed by atoms with Crippen molar-refractivity contribution in [2.45, 2.75) is 19.6 Å². The molecule has 0 unspecified atom stereocenters. The van der Waals surface area contributed by atoms with Crippen molar-refractivity contribution >= 4 is 27.5 Å². The predicted octanol–water partition coefficient (Wildman–Crippen LogP) is 1.47. The summed E-state index contributed by atoms with van der Waals surface area (Å²) in [5.74, 6) is -1.06. The highest BCUT2D eigenvalue weighted by Crippen LogP contribution is 2.17. The van der Waals surface area contributed by atoms with E-state index < -0.39 is 29.1 Å². The molecule has 26 heavy (non-hydrogen) atoms. The molecular formula is C17H16FN3O4S. The number of amides is 1. The van der Waals surface area contributed by atoms with Crippen LogP contribution in [0.15, 0.2) is 45.3 Å². The quantitative estimate of drug-likeness (QED) is 0.680. The van der Waals surface area contributed by atoms with Crippen LogP contribution in [0, 0.1) is 5.82 Å². The highest BCUT2D eigenvalue weighted by molar-refractivity contribution is 7.17. The van der Waals surface area contributed by atoms with Crippen LogP contribution < -0.4 is 21.3 Å². The first-order valence-corrected chi connectivity index (χ1v) is 8.74. The Hall–Kier alpha value is -2.94. The fourth-order valence-electron chi connectivity index (χ4n) is 2.39. The minimum atomic E-state index is -0.929. The number of aromatic amines is 1. The minimum absolute atomic E-state index is 0.0141. The lowest BCUT2D eigenvalue weighted by Crippen LogP contribution is -2.42. The summed E-state index contributed by atoms with van der Waals surface area (Å²) in [6.07, 6.45) is -0.929. The van der Waals surface area contributed by atoms with Gasteiger partial charge in [-0.25, -0.2) is 9.18 Å². The smallest absolute Gasteiger partial charge is 0.328 e. The van der Waals surface area contributed by atoms with Gasteiger partial charge in [-0.05, 0) is 30.5 Å². The molecule has 136 valence electrons. The number of halogens is 1. The van der Waals surface area contributed by atoms with Crippen molar-refractivity contribution in [3.8, 4) is 5.75 Å². The molecule has 1 aromatic carbocycles. The Kier molecular flexibility index (Phi) is 5.17. The monoisotopic (exact) mass is 377 g/mol. The molecule has 0 fully saturated rings. The number of aromatic nitrogens is 2. The number of fused-ring (bicyclic) bond motifs is 1. The second-order valence-electron chi connectivity index (χ2n) is 5.53. The summed E-state index contributed by atoms with van der Waals surface area (Å²) in [6.45, 7) is 1.56. The van der Waals surface area contributed by atoms with Crippen molar-refractivity contribution in [3.63, 3.8) is 0 Å². The summed E-state index contributed by atoms with van der Waals surface area (Å²) in [4.78, 5) is 38.9. The number of benzene rings is 1. The topological polar surface area (TPSA) is 93.2 Å². The molecule has 0 bridgehead atoms. The fourth-order valence-corrected chi connectivity index (χ4v) is 3.19.